The van der Waals surface area contributed by atoms with Crippen molar-refractivity contribution in [2.75, 3.05) is 5.32 Å². The van der Waals surface area contributed by atoms with Crippen LogP contribution in [-0.2, 0) is 6.54 Å². The van der Waals surface area contributed by atoms with Crippen LogP contribution in [0.1, 0.15) is 4.88 Å². The summed E-state index contributed by atoms with van der Waals surface area (Å²) in [6, 6.07) is 6.60. The zero-order valence-corrected chi connectivity index (χ0v) is 12.1. The van der Waals surface area contributed by atoms with E-state index in [1.165, 1.54) is 17.0 Å². The Bertz CT molecular complexity index is 498. The van der Waals surface area contributed by atoms with Gasteiger partial charge in [-0.2, -0.15) is 0 Å². The third-order valence-electron chi connectivity index (χ3n) is 2.06. The highest BCUT2D eigenvalue weighted by Gasteiger charge is 2.04. The molecule has 0 saturated heterocycles. The lowest BCUT2D eigenvalue weighted by Crippen LogP contribution is -1.99. The summed E-state index contributed by atoms with van der Waals surface area (Å²) in [4.78, 5) is 1.19. The molecule has 0 aliphatic carbocycles. The molecule has 0 unspecified atom stereocenters. The molecule has 0 atom stereocenters. The summed E-state index contributed by atoms with van der Waals surface area (Å²) in [6.45, 7) is 0.681. The van der Waals surface area contributed by atoms with Gasteiger partial charge in [-0.05, 0) is 61.5 Å². The molecule has 0 radical (unpaired) electrons. The first kappa shape index (κ1) is 12.1. The highest BCUT2D eigenvalue weighted by molar-refractivity contribution is 9.11. The van der Waals surface area contributed by atoms with E-state index in [4.69, 9.17) is 0 Å². The Morgan fingerprint density at radius 1 is 1.19 bits per heavy atom. The van der Waals surface area contributed by atoms with E-state index in [9.17, 15) is 4.39 Å². The normalized spacial score (nSPS) is 10.4. The SMILES string of the molecule is Fc1ccc(Br)c(NCc2sccc2Br)c1. The van der Waals surface area contributed by atoms with E-state index in [2.05, 4.69) is 37.2 Å². The maximum absolute atomic E-state index is 13.0. The Morgan fingerprint density at radius 3 is 2.69 bits per heavy atom. The van der Waals surface area contributed by atoms with Gasteiger partial charge in [0, 0.05) is 13.8 Å². The summed E-state index contributed by atoms with van der Waals surface area (Å²) in [7, 11) is 0. The minimum absolute atomic E-state index is 0.240. The van der Waals surface area contributed by atoms with Crippen molar-refractivity contribution < 1.29 is 4.39 Å². The molecule has 1 heterocycles. The van der Waals surface area contributed by atoms with E-state index in [1.54, 1.807) is 17.4 Å². The Kier molecular flexibility index (Phi) is 4.00. The molecule has 0 aliphatic heterocycles. The molecule has 1 aromatic carbocycles. The van der Waals surface area contributed by atoms with Gasteiger partial charge in [0.25, 0.3) is 0 Å². The van der Waals surface area contributed by atoms with Gasteiger partial charge in [0.2, 0.25) is 0 Å². The number of hydrogen-bond donors (Lipinski definition) is 1. The number of benzene rings is 1. The lowest BCUT2D eigenvalue weighted by atomic mass is 10.3. The molecule has 5 heteroatoms. The largest absolute Gasteiger partial charge is 0.379 e. The maximum Gasteiger partial charge on any atom is 0.125 e. The number of anilines is 1. The molecule has 0 saturated carbocycles. The zero-order valence-electron chi connectivity index (χ0n) is 8.14. The molecule has 1 aromatic heterocycles. The Balaban J connectivity index is 2.10. The molecule has 0 fully saturated rings. The number of thiophene rings is 1. The highest BCUT2D eigenvalue weighted by atomic mass is 79.9. The summed E-state index contributed by atoms with van der Waals surface area (Å²) >= 11 is 8.49. The molecule has 0 spiro atoms. The molecule has 1 nitrogen and oxygen atoms in total. The summed E-state index contributed by atoms with van der Waals surface area (Å²) in [5.74, 6) is -0.240. The van der Waals surface area contributed by atoms with E-state index in [0.717, 1.165) is 14.6 Å². The zero-order chi connectivity index (χ0) is 11.5. The van der Waals surface area contributed by atoms with Crippen LogP contribution in [0.2, 0.25) is 0 Å². The fourth-order valence-electron chi connectivity index (χ4n) is 1.26. The fourth-order valence-corrected chi connectivity index (χ4v) is 3.08. The first-order valence-electron chi connectivity index (χ1n) is 4.57. The van der Waals surface area contributed by atoms with Crippen LogP contribution < -0.4 is 5.32 Å². The predicted octanol–water partition coefficient (Wildman–Crippen LogP) is 5.02. The molecule has 2 rings (SSSR count). The molecule has 0 bridgehead atoms. The molecular formula is C11H8Br2FNS. The predicted molar refractivity (Wildman–Crippen MR) is 73.4 cm³/mol. The van der Waals surface area contributed by atoms with Crippen molar-refractivity contribution in [3.63, 3.8) is 0 Å². The van der Waals surface area contributed by atoms with E-state index in [1.807, 2.05) is 11.4 Å². The van der Waals surface area contributed by atoms with Crippen molar-refractivity contribution in [3.05, 3.63) is 49.3 Å². The van der Waals surface area contributed by atoms with Gasteiger partial charge in [-0.3, -0.25) is 0 Å². The van der Waals surface area contributed by atoms with Gasteiger partial charge in [-0.1, -0.05) is 0 Å². The Hall–Kier alpha value is -0.390. The van der Waals surface area contributed by atoms with Crippen LogP contribution in [0.5, 0.6) is 0 Å². The van der Waals surface area contributed by atoms with Gasteiger partial charge in [-0.25, -0.2) is 4.39 Å². The molecule has 84 valence electrons. The first-order chi connectivity index (χ1) is 7.66. The van der Waals surface area contributed by atoms with Gasteiger partial charge in [0.1, 0.15) is 5.82 Å². The van der Waals surface area contributed by atoms with Crippen molar-refractivity contribution in [1.29, 1.82) is 0 Å². The van der Waals surface area contributed by atoms with Crippen LogP contribution in [0.4, 0.5) is 10.1 Å². The third-order valence-corrected chi connectivity index (χ3v) is 4.68. The average molecular weight is 365 g/mol. The van der Waals surface area contributed by atoms with Crippen LogP contribution in [-0.4, -0.2) is 0 Å². The van der Waals surface area contributed by atoms with Crippen molar-refractivity contribution >= 4 is 48.9 Å². The van der Waals surface area contributed by atoms with Crippen molar-refractivity contribution in [1.82, 2.24) is 0 Å². The van der Waals surface area contributed by atoms with Gasteiger partial charge in [0.15, 0.2) is 0 Å². The fraction of sp³-hybridized carbons (Fsp3) is 0.0909. The number of halogens is 3. The van der Waals surface area contributed by atoms with E-state index >= 15 is 0 Å². The summed E-state index contributed by atoms with van der Waals surface area (Å²) in [5, 5.41) is 5.21. The van der Waals surface area contributed by atoms with Crippen LogP contribution in [0.15, 0.2) is 38.6 Å². The molecule has 1 N–H and O–H groups in total. The molecule has 0 aliphatic rings. The quantitative estimate of drug-likeness (QED) is 0.805. The van der Waals surface area contributed by atoms with Crippen molar-refractivity contribution in [3.8, 4) is 0 Å². The van der Waals surface area contributed by atoms with Crippen molar-refractivity contribution in [2.24, 2.45) is 0 Å². The lowest BCUT2D eigenvalue weighted by Gasteiger charge is -2.07. The minimum Gasteiger partial charge on any atom is -0.379 e. The number of nitrogens with one attached hydrogen (secondary N) is 1. The standard InChI is InChI=1S/C11H8Br2FNS/c12-8-2-1-7(14)5-10(8)15-6-11-9(13)3-4-16-11/h1-5,15H,6H2. The topological polar surface area (TPSA) is 12.0 Å². The second kappa shape index (κ2) is 5.29. The van der Waals surface area contributed by atoms with Crippen LogP contribution in [0.3, 0.4) is 0 Å². The average Bonchev–Trinajstić information content (AvgIpc) is 2.66. The highest BCUT2D eigenvalue weighted by Crippen LogP contribution is 2.27. The van der Waals surface area contributed by atoms with Gasteiger partial charge in [-0.15, -0.1) is 11.3 Å². The Labute approximate surface area is 114 Å². The second-order valence-electron chi connectivity index (χ2n) is 3.17. The molecule has 0 amide bonds. The summed E-state index contributed by atoms with van der Waals surface area (Å²) in [5.41, 5.74) is 0.764. The van der Waals surface area contributed by atoms with Crippen LogP contribution >= 0.6 is 43.2 Å². The van der Waals surface area contributed by atoms with E-state index in [0.29, 0.717) is 6.54 Å². The number of rotatable bonds is 3. The molecule has 16 heavy (non-hydrogen) atoms. The number of hydrogen-bond acceptors (Lipinski definition) is 2. The lowest BCUT2D eigenvalue weighted by molar-refractivity contribution is 0.628. The van der Waals surface area contributed by atoms with Gasteiger partial charge in [0.05, 0.1) is 12.2 Å². The maximum atomic E-state index is 13.0. The Morgan fingerprint density at radius 2 is 2.00 bits per heavy atom. The van der Waals surface area contributed by atoms with Crippen molar-refractivity contribution in [2.45, 2.75) is 6.54 Å². The smallest absolute Gasteiger partial charge is 0.125 e. The van der Waals surface area contributed by atoms with Gasteiger partial charge >= 0.3 is 0 Å². The monoisotopic (exact) mass is 363 g/mol. The summed E-state index contributed by atoms with van der Waals surface area (Å²) in [6.07, 6.45) is 0. The van der Waals surface area contributed by atoms with E-state index in [-0.39, 0.29) is 5.82 Å². The van der Waals surface area contributed by atoms with Gasteiger partial charge < -0.3 is 5.32 Å². The molecular weight excluding hydrogens is 357 g/mol. The molecule has 2 aromatic rings. The third kappa shape index (κ3) is 2.84. The van der Waals surface area contributed by atoms with Crippen LogP contribution in [0, 0.1) is 5.82 Å². The van der Waals surface area contributed by atoms with E-state index < -0.39 is 0 Å². The summed E-state index contributed by atoms with van der Waals surface area (Å²) < 4.78 is 15.0. The van der Waals surface area contributed by atoms with Crippen LogP contribution in [0.25, 0.3) is 0 Å². The first-order valence-corrected chi connectivity index (χ1v) is 7.04. The minimum atomic E-state index is -0.240. The second-order valence-corrected chi connectivity index (χ2v) is 5.88.